The summed E-state index contributed by atoms with van der Waals surface area (Å²) >= 11 is 0. The molecule has 0 saturated heterocycles. The van der Waals surface area contributed by atoms with E-state index in [0.717, 1.165) is 37.5 Å². The van der Waals surface area contributed by atoms with Crippen molar-refractivity contribution in [3.05, 3.63) is 23.8 Å². The summed E-state index contributed by atoms with van der Waals surface area (Å²) in [4.78, 5) is 12.6. The fourth-order valence-corrected chi connectivity index (χ4v) is 4.26. The van der Waals surface area contributed by atoms with Gasteiger partial charge in [0.05, 0.1) is 18.5 Å². The van der Waals surface area contributed by atoms with E-state index in [1.807, 2.05) is 13.0 Å². The van der Waals surface area contributed by atoms with Crippen molar-refractivity contribution < 1.29 is 17.9 Å². The van der Waals surface area contributed by atoms with Crippen LogP contribution in [0.3, 0.4) is 0 Å². The molecule has 1 saturated carbocycles. The molecule has 0 bridgehead atoms. The molecule has 1 aromatic carbocycles. The molecule has 0 radical (unpaired) electrons. The number of anilines is 1. The monoisotopic (exact) mass is 352 g/mol. The normalized spacial score (nSPS) is 21.8. The lowest BCUT2D eigenvalue weighted by Gasteiger charge is -2.35. The van der Waals surface area contributed by atoms with E-state index >= 15 is 0 Å². The highest BCUT2D eigenvalue weighted by molar-refractivity contribution is 7.92. The van der Waals surface area contributed by atoms with Crippen LogP contribution in [-0.2, 0) is 14.8 Å². The van der Waals surface area contributed by atoms with Crippen LogP contribution in [0.25, 0.3) is 0 Å². The zero-order chi connectivity index (χ0) is 17.3. The third-order valence-corrected chi connectivity index (χ3v) is 5.77. The van der Waals surface area contributed by atoms with Gasteiger partial charge in [-0.05, 0) is 37.5 Å². The first kappa shape index (κ1) is 17.1. The Balaban J connectivity index is 1.81. The number of amides is 1. The minimum absolute atomic E-state index is 0.00778. The number of nitrogens with zero attached hydrogens (tertiary/aromatic N) is 1. The molecule has 24 heavy (non-hydrogen) atoms. The highest BCUT2D eigenvalue weighted by atomic mass is 32.2. The second-order valence-electron chi connectivity index (χ2n) is 6.72. The van der Waals surface area contributed by atoms with Gasteiger partial charge in [0.25, 0.3) is 5.91 Å². The number of carbonyl (C=O) groups excluding carboxylic acids is 1. The first-order valence-electron chi connectivity index (χ1n) is 8.40. The van der Waals surface area contributed by atoms with Gasteiger partial charge in [-0.25, -0.2) is 8.42 Å². The SMILES string of the molecule is Cc1ccc2c(c1)N(S(C)(=O)=O)CC(C(=O)NC1CCCCC1)O2. The quantitative estimate of drug-likeness (QED) is 0.902. The molecule has 7 heteroatoms. The van der Waals surface area contributed by atoms with E-state index in [0.29, 0.717) is 11.4 Å². The van der Waals surface area contributed by atoms with Crippen LogP contribution < -0.4 is 14.4 Å². The molecule has 1 aromatic rings. The summed E-state index contributed by atoms with van der Waals surface area (Å²) in [5, 5.41) is 3.02. The fraction of sp³-hybridized carbons (Fsp3) is 0.588. The van der Waals surface area contributed by atoms with Gasteiger partial charge in [0.15, 0.2) is 6.10 Å². The van der Waals surface area contributed by atoms with Gasteiger partial charge in [0.1, 0.15) is 5.75 Å². The van der Waals surface area contributed by atoms with Crippen LogP contribution >= 0.6 is 0 Å². The third kappa shape index (κ3) is 3.66. The second kappa shape index (κ2) is 6.63. The van der Waals surface area contributed by atoms with Crippen molar-refractivity contribution in [3.8, 4) is 5.75 Å². The smallest absolute Gasteiger partial charge is 0.263 e. The Morgan fingerprint density at radius 3 is 2.62 bits per heavy atom. The van der Waals surface area contributed by atoms with Crippen LogP contribution in [0.1, 0.15) is 37.7 Å². The molecule has 1 heterocycles. The zero-order valence-corrected chi connectivity index (χ0v) is 14.9. The Bertz CT molecular complexity index is 726. The summed E-state index contributed by atoms with van der Waals surface area (Å²) in [7, 11) is -3.48. The zero-order valence-electron chi connectivity index (χ0n) is 14.1. The molecule has 1 amide bonds. The molecule has 1 unspecified atom stereocenters. The van der Waals surface area contributed by atoms with Gasteiger partial charge in [-0.2, -0.15) is 0 Å². The number of ether oxygens (including phenoxy) is 1. The average Bonchev–Trinajstić information content (AvgIpc) is 2.53. The maximum atomic E-state index is 12.6. The highest BCUT2D eigenvalue weighted by Gasteiger charge is 2.35. The van der Waals surface area contributed by atoms with Crippen LogP contribution in [0, 0.1) is 6.92 Å². The first-order valence-corrected chi connectivity index (χ1v) is 10.2. The molecule has 132 valence electrons. The number of hydrogen-bond acceptors (Lipinski definition) is 4. The van der Waals surface area contributed by atoms with Crippen molar-refractivity contribution in [1.29, 1.82) is 0 Å². The minimum Gasteiger partial charge on any atom is -0.476 e. The Hall–Kier alpha value is -1.76. The lowest BCUT2D eigenvalue weighted by Crippen LogP contribution is -2.52. The molecular formula is C17H24N2O4S. The average molecular weight is 352 g/mol. The van der Waals surface area contributed by atoms with E-state index in [2.05, 4.69) is 5.32 Å². The number of fused-ring (bicyclic) bond motifs is 1. The molecule has 1 aliphatic heterocycles. The van der Waals surface area contributed by atoms with E-state index in [1.54, 1.807) is 12.1 Å². The predicted molar refractivity (Wildman–Crippen MR) is 92.8 cm³/mol. The third-order valence-electron chi connectivity index (χ3n) is 4.63. The molecule has 1 N–H and O–H groups in total. The standard InChI is InChI=1S/C17H24N2O4S/c1-12-8-9-15-14(10-12)19(24(2,21)22)11-16(23-15)17(20)18-13-6-4-3-5-7-13/h8-10,13,16H,3-7,11H2,1-2H3,(H,18,20). The predicted octanol–water partition coefficient (Wildman–Crippen LogP) is 1.97. The van der Waals surface area contributed by atoms with Gasteiger partial charge < -0.3 is 10.1 Å². The lowest BCUT2D eigenvalue weighted by atomic mass is 9.95. The topological polar surface area (TPSA) is 75.7 Å². The molecule has 6 nitrogen and oxygen atoms in total. The van der Waals surface area contributed by atoms with Gasteiger partial charge in [-0.15, -0.1) is 0 Å². The van der Waals surface area contributed by atoms with Crippen LogP contribution in [0.15, 0.2) is 18.2 Å². The van der Waals surface area contributed by atoms with Gasteiger partial charge in [-0.1, -0.05) is 25.3 Å². The molecule has 1 fully saturated rings. The number of hydrogen-bond donors (Lipinski definition) is 1. The molecule has 2 aliphatic rings. The van der Waals surface area contributed by atoms with Crippen LogP contribution in [0.5, 0.6) is 5.75 Å². The largest absolute Gasteiger partial charge is 0.476 e. The van der Waals surface area contributed by atoms with Gasteiger partial charge >= 0.3 is 0 Å². The van der Waals surface area contributed by atoms with Gasteiger partial charge in [-0.3, -0.25) is 9.10 Å². The summed E-state index contributed by atoms with van der Waals surface area (Å²) in [6, 6.07) is 5.51. The Kier molecular flexibility index (Phi) is 4.71. The number of rotatable bonds is 3. The molecule has 3 rings (SSSR count). The van der Waals surface area contributed by atoms with E-state index in [9.17, 15) is 13.2 Å². The Morgan fingerprint density at radius 2 is 1.96 bits per heavy atom. The maximum absolute atomic E-state index is 12.6. The number of benzene rings is 1. The van der Waals surface area contributed by atoms with Crippen molar-refractivity contribution in [2.75, 3.05) is 17.1 Å². The van der Waals surface area contributed by atoms with E-state index in [-0.39, 0.29) is 18.5 Å². The van der Waals surface area contributed by atoms with Crippen LogP contribution in [0.4, 0.5) is 5.69 Å². The van der Waals surface area contributed by atoms with Gasteiger partial charge in [0, 0.05) is 6.04 Å². The van der Waals surface area contributed by atoms with E-state index in [4.69, 9.17) is 4.74 Å². The summed E-state index contributed by atoms with van der Waals surface area (Å²) < 4.78 is 31.4. The Labute approximate surface area is 143 Å². The molecule has 1 aliphatic carbocycles. The number of carbonyl (C=O) groups is 1. The molecular weight excluding hydrogens is 328 g/mol. The van der Waals surface area contributed by atoms with Crippen molar-refractivity contribution in [3.63, 3.8) is 0 Å². The lowest BCUT2D eigenvalue weighted by molar-refractivity contribution is -0.128. The van der Waals surface area contributed by atoms with Crippen molar-refractivity contribution in [2.45, 2.75) is 51.2 Å². The van der Waals surface area contributed by atoms with Gasteiger partial charge in [0.2, 0.25) is 10.0 Å². The van der Waals surface area contributed by atoms with E-state index in [1.165, 1.54) is 10.7 Å². The number of aryl methyl sites for hydroxylation is 1. The minimum atomic E-state index is -3.48. The molecule has 0 spiro atoms. The highest BCUT2D eigenvalue weighted by Crippen LogP contribution is 2.35. The van der Waals surface area contributed by atoms with Crippen molar-refractivity contribution in [2.24, 2.45) is 0 Å². The van der Waals surface area contributed by atoms with Crippen molar-refractivity contribution >= 4 is 21.6 Å². The first-order chi connectivity index (χ1) is 11.3. The summed E-state index contributed by atoms with van der Waals surface area (Å²) in [5.41, 5.74) is 1.44. The summed E-state index contributed by atoms with van der Waals surface area (Å²) in [6.07, 6.45) is 5.73. The molecule has 1 atom stereocenters. The van der Waals surface area contributed by atoms with E-state index < -0.39 is 16.1 Å². The second-order valence-corrected chi connectivity index (χ2v) is 8.62. The molecule has 0 aromatic heterocycles. The number of sulfonamides is 1. The van der Waals surface area contributed by atoms with Crippen LogP contribution in [-0.4, -0.2) is 39.3 Å². The van der Waals surface area contributed by atoms with Crippen molar-refractivity contribution in [1.82, 2.24) is 5.32 Å². The Morgan fingerprint density at radius 1 is 1.25 bits per heavy atom. The summed E-state index contributed by atoms with van der Waals surface area (Å²) in [5.74, 6) is 0.197. The summed E-state index contributed by atoms with van der Waals surface area (Å²) in [6.45, 7) is 1.90. The number of nitrogens with one attached hydrogen (secondary N) is 1. The maximum Gasteiger partial charge on any atom is 0.263 e. The van der Waals surface area contributed by atoms with Crippen LogP contribution in [0.2, 0.25) is 0 Å². The fourth-order valence-electron chi connectivity index (χ4n) is 3.35.